The van der Waals surface area contributed by atoms with Crippen molar-refractivity contribution < 1.29 is 19.4 Å². The van der Waals surface area contributed by atoms with Crippen LogP contribution in [0.15, 0.2) is 30.3 Å². The molecule has 6 nitrogen and oxygen atoms in total. The van der Waals surface area contributed by atoms with Gasteiger partial charge in [-0.05, 0) is 12.5 Å². The molecule has 0 bridgehead atoms. The molecule has 1 saturated heterocycles. The van der Waals surface area contributed by atoms with Gasteiger partial charge in [-0.1, -0.05) is 37.3 Å². The van der Waals surface area contributed by atoms with Gasteiger partial charge in [0.25, 0.3) is 11.8 Å². The Bertz CT molecular complexity index is 559. The van der Waals surface area contributed by atoms with E-state index >= 15 is 0 Å². The van der Waals surface area contributed by atoms with Gasteiger partial charge in [-0.25, -0.2) is 0 Å². The van der Waals surface area contributed by atoms with Crippen LogP contribution in [0.2, 0.25) is 0 Å². The first-order valence-electron chi connectivity index (χ1n) is 7.77. The fourth-order valence-electron chi connectivity index (χ4n) is 2.72. The van der Waals surface area contributed by atoms with Crippen molar-refractivity contribution in [1.82, 2.24) is 10.2 Å². The Morgan fingerprint density at radius 1 is 1.39 bits per heavy atom. The quantitative estimate of drug-likeness (QED) is 0.847. The summed E-state index contributed by atoms with van der Waals surface area (Å²) in [5, 5.41) is 13.3. The maximum atomic E-state index is 12.8. The lowest BCUT2D eigenvalue weighted by Gasteiger charge is -2.38. The van der Waals surface area contributed by atoms with Gasteiger partial charge in [0, 0.05) is 19.5 Å². The number of carbonyl (C=O) groups is 2. The van der Waals surface area contributed by atoms with Gasteiger partial charge < -0.3 is 20.1 Å². The van der Waals surface area contributed by atoms with Crippen LogP contribution in [0, 0.1) is 0 Å². The predicted octanol–water partition coefficient (Wildman–Crippen LogP) is 0.515. The van der Waals surface area contributed by atoms with Gasteiger partial charge in [-0.15, -0.1) is 0 Å². The van der Waals surface area contributed by atoms with E-state index in [1.807, 2.05) is 37.3 Å². The number of carbonyl (C=O) groups excluding carboxylic acids is 2. The van der Waals surface area contributed by atoms with Crippen LogP contribution < -0.4 is 5.32 Å². The summed E-state index contributed by atoms with van der Waals surface area (Å²) >= 11 is 0. The summed E-state index contributed by atoms with van der Waals surface area (Å²) in [6.07, 6.45) is -0.694. The third-order valence-corrected chi connectivity index (χ3v) is 4.47. The summed E-state index contributed by atoms with van der Waals surface area (Å²) in [5.74, 6) is -1.01. The minimum absolute atomic E-state index is 0.149. The number of hydrogen-bond acceptors (Lipinski definition) is 4. The van der Waals surface area contributed by atoms with E-state index in [9.17, 15) is 14.7 Å². The third kappa shape index (κ3) is 3.71. The highest BCUT2D eigenvalue weighted by Gasteiger charge is 2.42. The fourth-order valence-corrected chi connectivity index (χ4v) is 2.72. The van der Waals surface area contributed by atoms with Gasteiger partial charge in [0.15, 0.2) is 6.10 Å². The Morgan fingerprint density at radius 2 is 2.04 bits per heavy atom. The average Bonchev–Trinajstić information content (AvgIpc) is 2.60. The van der Waals surface area contributed by atoms with Crippen LogP contribution in [-0.2, 0) is 14.3 Å². The second-order valence-electron chi connectivity index (χ2n) is 6.00. The molecule has 1 fully saturated rings. The van der Waals surface area contributed by atoms with Gasteiger partial charge in [-0.2, -0.15) is 0 Å². The standard InChI is InChI=1S/C17H24N2O4/c1-12(13-7-5-4-6-8-13)17(2,22)16(21)19-9-10-23-14(11-19)15(20)18-3/h4-8,12,14,22H,9-11H2,1-3H3,(H,18,20). The molecule has 3 unspecified atom stereocenters. The van der Waals surface area contributed by atoms with Crippen molar-refractivity contribution in [3.8, 4) is 0 Å². The first kappa shape index (κ1) is 17.4. The number of amides is 2. The van der Waals surface area contributed by atoms with Crippen LogP contribution >= 0.6 is 0 Å². The molecule has 1 aromatic rings. The monoisotopic (exact) mass is 320 g/mol. The lowest BCUT2D eigenvalue weighted by atomic mass is 9.83. The molecule has 0 aromatic heterocycles. The smallest absolute Gasteiger partial charge is 0.255 e. The first-order valence-corrected chi connectivity index (χ1v) is 7.77. The fraction of sp³-hybridized carbons (Fsp3) is 0.529. The molecule has 1 heterocycles. The van der Waals surface area contributed by atoms with Gasteiger partial charge >= 0.3 is 0 Å². The minimum Gasteiger partial charge on any atom is -0.380 e. The van der Waals surface area contributed by atoms with E-state index in [2.05, 4.69) is 5.32 Å². The Labute approximate surface area is 136 Å². The molecule has 0 aliphatic carbocycles. The summed E-state index contributed by atoms with van der Waals surface area (Å²) < 4.78 is 5.38. The highest BCUT2D eigenvalue weighted by molar-refractivity contribution is 5.87. The van der Waals surface area contributed by atoms with Crippen LogP contribution in [0.4, 0.5) is 0 Å². The van der Waals surface area contributed by atoms with Crippen LogP contribution in [0.1, 0.15) is 25.3 Å². The molecule has 23 heavy (non-hydrogen) atoms. The molecule has 6 heteroatoms. The van der Waals surface area contributed by atoms with E-state index in [0.29, 0.717) is 6.54 Å². The van der Waals surface area contributed by atoms with Crippen molar-refractivity contribution in [2.24, 2.45) is 0 Å². The van der Waals surface area contributed by atoms with Gasteiger partial charge in [-0.3, -0.25) is 9.59 Å². The first-order chi connectivity index (χ1) is 10.9. The number of benzene rings is 1. The van der Waals surface area contributed by atoms with Crippen molar-refractivity contribution >= 4 is 11.8 Å². The lowest BCUT2D eigenvalue weighted by molar-refractivity contribution is -0.161. The van der Waals surface area contributed by atoms with Crippen molar-refractivity contribution in [3.63, 3.8) is 0 Å². The highest BCUT2D eigenvalue weighted by Crippen LogP contribution is 2.30. The predicted molar refractivity (Wildman–Crippen MR) is 85.9 cm³/mol. The summed E-state index contributed by atoms with van der Waals surface area (Å²) in [4.78, 5) is 26.0. The Hall–Kier alpha value is -1.92. The molecule has 1 aromatic carbocycles. The molecule has 2 N–H and O–H groups in total. The van der Waals surface area contributed by atoms with Crippen LogP contribution in [0.25, 0.3) is 0 Å². The molecule has 0 radical (unpaired) electrons. The molecular formula is C17H24N2O4. The van der Waals surface area contributed by atoms with Crippen LogP contribution in [0.3, 0.4) is 0 Å². The molecule has 0 spiro atoms. The number of ether oxygens (including phenoxy) is 1. The van der Waals surface area contributed by atoms with E-state index in [1.165, 1.54) is 18.9 Å². The molecule has 2 amide bonds. The van der Waals surface area contributed by atoms with Crippen molar-refractivity contribution in [3.05, 3.63) is 35.9 Å². The zero-order chi connectivity index (χ0) is 17.0. The normalized spacial score (nSPS) is 22.1. The number of hydrogen-bond donors (Lipinski definition) is 2. The highest BCUT2D eigenvalue weighted by atomic mass is 16.5. The SMILES string of the molecule is CNC(=O)C1CN(C(=O)C(C)(O)C(C)c2ccccc2)CCO1. The van der Waals surface area contributed by atoms with Gasteiger partial charge in [0.05, 0.1) is 13.2 Å². The van der Waals surface area contributed by atoms with Gasteiger partial charge in [0.2, 0.25) is 0 Å². The van der Waals surface area contributed by atoms with E-state index in [0.717, 1.165) is 5.56 Å². The second-order valence-corrected chi connectivity index (χ2v) is 6.00. The zero-order valence-corrected chi connectivity index (χ0v) is 13.8. The van der Waals surface area contributed by atoms with E-state index in [1.54, 1.807) is 0 Å². The second kappa shape index (κ2) is 7.10. The topological polar surface area (TPSA) is 78.9 Å². The molecule has 1 aliphatic rings. The average molecular weight is 320 g/mol. The lowest BCUT2D eigenvalue weighted by Crippen LogP contribution is -2.57. The molecule has 3 atom stereocenters. The molecule has 1 aliphatic heterocycles. The summed E-state index contributed by atoms with van der Waals surface area (Å²) in [7, 11) is 1.53. The summed E-state index contributed by atoms with van der Waals surface area (Å²) in [6, 6.07) is 9.42. The van der Waals surface area contributed by atoms with Crippen molar-refractivity contribution in [2.45, 2.75) is 31.5 Å². The maximum Gasteiger partial charge on any atom is 0.255 e. The van der Waals surface area contributed by atoms with Gasteiger partial charge in [0.1, 0.15) is 5.60 Å². The van der Waals surface area contributed by atoms with E-state index in [-0.39, 0.29) is 30.9 Å². The van der Waals surface area contributed by atoms with Crippen molar-refractivity contribution in [2.75, 3.05) is 26.7 Å². The zero-order valence-electron chi connectivity index (χ0n) is 13.8. The molecular weight excluding hydrogens is 296 g/mol. The van der Waals surface area contributed by atoms with E-state index < -0.39 is 11.7 Å². The third-order valence-electron chi connectivity index (χ3n) is 4.47. The largest absolute Gasteiger partial charge is 0.380 e. The number of nitrogens with one attached hydrogen (secondary N) is 1. The van der Waals surface area contributed by atoms with Crippen LogP contribution in [-0.4, -0.2) is 60.3 Å². The number of likely N-dealkylation sites (N-methyl/N-ethyl adjacent to an activating group) is 1. The summed E-state index contributed by atoms with van der Waals surface area (Å²) in [6.45, 7) is 4.14. The van der Waals surface area contributed by atoms with Crippen molar-refractivity contribution in [1.29, 1.82) is 0 Å². The number of rotatable bonds is 4. The number of aliphatic hydroxyl groups is 1. The van der Waals surface area contributed by atoms with Crippen LogP contribution in [0.5, 0.6) is 0 Å². The van der Waals surface area contributed by atoms with E-state index in [4.69, 9.17) is 4.74 Å². The summed E-state index contributed by atoms with van der Waals surface area (Å²) in [5.41, 5.74) is -0.659. The Morgan fingerprint density at radius 3 is 2.65 bits per heavy atom. The Kier molecular flexibility index (Phi) is 5.38. The number of morpholine rings is 1. The molecule has 2 rings (SSSR count). The maximum absolute atomic E-state index is 12.8. The molecule has 0 saturated carbocycles. The Balaban J connectivity index is 2.13. The minimum atomic E-state index is -1.55. The molecule has 126 valence electrons. The number of nitrogens with zero attached hydrogens (tertiary/aromatic N) is 1.